The van der Waals surface area contributed by atoms with Crippen molar-refractivity contribution in [3.8, 4) is 17.3 Å². The van der Waals surface area contributed by atoms with E-state index in [0.717, 1.165) is 28.2 Å². The predicted octanol–water partition coefficient (Wildman–Crippen LogP) is 4.98. The zero-order valence-electron chi connectivity index (χ0n) is 17.2. The van der Waals surface area contributed by atoms with E-state index in [0.29, 0.717) is 11.3 Å². The highest BCUT2D eigenvalue weighted by Gasteiger charge is 2.19. The normalized spacial score (nSPS) is 10.7. The Labute approximate surface area is 175 Å². The summed E-state index contributed by atoms with van der Waals surface area (Å²) in [7, 11) is 0. The molecule has 2 aromatic carbocycles. The highest BCUT2D eigenvalue weighted by atomic mass is 16.1. The second kappa shape index (κ2) is 7.84. The fraction of sp³-hybridized carbons (Fsp3) is 0.160. The first-order chi connectivity index (χ1) is 14.5. The molecule has 0 aliphatic carbocycles. The van der Waals surface area contributed by atoms with Crippen LogP contribution in [0.1, 0.15) is 27.9 Å². The maximum atomic E-state index is 12.9. The molecule has 0 aliphatic rings. The van der Waals surface area contributed by atoms with Gasteiger partial charge in [-0.1, -0.05) is 30.3 Å². The fourth-order valence-corrected chi connectivity index (χ4v) is 3.58. The van der Waals surface area contributed by atoms with Crippen LogP contribution >= 0.6 is 0 Å². The Balaban J connectivity index is 1.77. The number of carbonyl (C=O) groups is 1. The summed E-state index contributed by atoms with van der Waals surface area (Å²) in [5.74, 6) is -0.189. The van der Waals surface area contributed by atoms with E-state index < -0.39 is 0 Å². The minimum Gasteiger partial charge on any atom is -0.325 e. The molecule has 0 unspecified atom stereocenters. The minimum atomic E-state index is -0.189. The number of rotatable bonds is 4. The third kappa shape index (κ3) is 3.56. The summed E-state index contributed by atoms with van der Waals surface area (Å²) in [6.07, 6.45) is 2.08. The Morgan fingerprint density at radius 2 is 1.83 bits per heavy atom. The lowest BCUT2D eigenvalue weighted by molar-refractivity contribution is -0.115. The van der Waals surface area contributed by atoms with Gasteiger partial charge in [0.2, 0.25) is 5.91 Å². The van der Waals surface area contributed by atoms with Crippen molar-refractivity contribution in [1.82, 2.24) is 9.38 Å². The van der Waals surface area contributed by atoms with Gasteiger partial charge in [0.1, 0.15) is 11.7 Å². The van der Waals surface area contributed by atoms with Gasteiger partial charge in [0.15, 0.2) is 0 Å². The van der Waals surface area contributed by atoms with Gasteiger partial charge in [0.25, 0.3) is 0 Å². The zero-order valence-corrected chi connectivity index (χ0v) is 17.2. The third-order valence-electron chi connectivity index (χ3n) is 5.37. The van der Waals surface area contributed by atoms with Gasteiger partial charge in [0, 0.05) is 11.8 Å². The zero-order chi connectivity index (χ0) is 21.3. The Hall–Kier alpha value is -3.91. The van der Waals surface area contributed by atoms with E-state index in [2.05, 4.69) is 37.4 Å². The number of carbonyl (C=O) groups excluding carboxylic acids is 1. The Morgan fingerprint density at radius 1 is 1.03 bits per heavy atom. The van der Waals surface area contributed by atoms with Crippen LogP contribution in [-0.4, -0.2) is 15.3 Å². The summed E-state index contributed by atoms with van der Waals surface area (Å²) in [6.45, 7) is 6.17. The average molecular weight is 394 g/mol. The summed E-state index contributed by atoms with van der Waals surface area (Å²) in [5, 5.41) is 12.2. The van der Waals surface area contributed by atoms with E-state index in [4.69, 9.17) is 4.98 Å². The summed E-state index contributed by atoms with van der Waals surface area (Å²) < 4.78 is 1.98. The van der Waals surface area contributed by atoms with Crippen LogP contribution in [0.25, 0.3) is 16.9 Å². The van der Waals surface area contributed by atoms with Crippen LogP contribution in [0.15, 0.2) is 60.8 Å². The molecule has 30 heavy (non-hydrogen) atoms. The quantitative estimate of drug-likeness (QED) is 0.531. The van der Waals surface area contributed by atoms with Gasteiger partial charge in [-0.25, -0.2) is 4.98 Å². The van der Waals surface area contributed by atoms with Gasteiger partial charge in [0.05, 0.1) is 29.1 Å². The fourth-order valence-electron chi connectivity index (χ4n) is 3.58. The van der Waals surface area contributed by atoms with Crippen molar-refractivity contribution in [3.05, 3.63) is 88.7 Å². The maximum Gasteiger partial charge on any atom is 0.230 e. The topological polar surface area (TPSA) is 70.2 Å². The molecule has 5 heteroatoms. The number of pyridine rings is 1. The SMILES string of the molecule is Cc1ccc(-c2nc3c(C)cccn3c2CC(=O)Nc2ccccc2C#N)cc1C. The second-order valence-corrected chi connectivity index (χ2v) is 7.47. The number of fused-ring (bicyclic) bond motifs is 1. The van der Waals surface area contributed by atoms with Crippen LogP contribution in [-0.2, 0) is 11.2 Å². The van der Waals surface area contributed by atoms with E-state index in [1.807, 2.05) is 35.7 Å². The molecule has 148 valence electrons. The van der Waals surface area contributed by atoms with Crippen LogP contribution < -0.4 is 5.32 Å². The molecule has 0 fully saturated rings. The molecule has 2 heterocycles. The first-order valence-electron chi connectivity index (χ1n) is 9.81. The number of aromatic nitrogens is 2. The number of nitrogens with zero attached hydrogens (tertiary/aromatic N) is 3. The smallest absolute Gasteiger partial charge is 0.230 e. The lowest BCUT2D eigenvalue weighted by Crippen LogP contribution is -2.16. The highest BCUT2D eigenvalue weighted by Crippen LogP contribution is 2.28. The maximum absolute atomic E-state index is 12.9. The van der Waals surface area contributed by atoms with Crippen LogP contribution in [0.5, 0.6) is 0 Å². The number of para-hydroxylation sites is 1. The molecule has 1 amide bonds. The van der Waals surface area contributed by atoms with Crippen LogP contribution in [0, 0.1) is 32.1 Å². The molecule has 1 N–H and O–H groups in total. The standard InChI is InChI=1S/C25H22N4O/c1-16-10-11-19(13-18(16)3)24-22(29-12-6-7-17(2)25(29)28-24)14-23(30)27-21-9-5-4-8-20(21)15-26/h4-13H,14H2,1-3H3,(H,27,30). The van der Waals surface area contributed by atoms with Crippen molar-refractivity contribution in [1.29, 1.82) is 5.26 Å². The van der Waals surface area contributed by atoms with Crippen molar-refractivity contribution in [3.63, 3.8) is 0 Å². The van der Waals surface area contributed by atoms with E-state index in [-0.39, 0.29) is 12.3 Å². The lowest BCUT2D eigenvalue weighted by atomic mass is 10.0. The number of benzene rings is 2. The average Bonchev–Trinajstić information content (AvgIpc) is 3.10. The molecule has 0 atom stereocenters. The Bertz CT molecular complexity index is 1310. The number of nitriles is 1. The number of nitrogens with one attached hydrogen (secondary N) is 1. The summed E-state index contributed by atoms with van der Waals surface area (Å²) >= 11 is 0. The van der Waals surface area contributed by atoms with E-state index in [1.165, 1.54) is 11.1 Å². The van der Waals surface area contributed by atoms with Crippen molar-refractivity contribution in [2.75, 3.05) is 5.32 Å². The van der Waals surface area contributed by atoms with Gasteiger partial charge >= 0.3 is 0 Å². The molecule has 0 aliphatic heterocycles. The Kier molecular flexibility index (Phi) is 5.07. The Morgan fingerprint density at radius 3 is 2.60 bits per heavy atom. The molecule has 0 bridgehead atoms. The largest absolute Gasteiger partial charge is 0.325 e. The van der Waals surface area contributed by atoms with E-state index in [9.17, 15) is 10.1 Å². The highest BCUT2D eigenvalue weighted by molar-refractivity contribution is 5.94. The first kappa shape index (κ1) is 19.4. The molecule has 0 radical (unpaired) electrons. The molecule has 5 nitrogen and oxygen atoms in total. The van der Waals surface area contributed by atoms with Gasteiger partial charge in [-0.15, -0.1) is 0 Å². The summed E-state index contributed by atoms with van der Waals surface area (Å²) in [5.41, 5.74) is 7.85. The molecule has 0 spiro atoms. The summed E-state index contributed by atoms with van der Waals surface area (Å²) in [4.78, 5) is 17.8. The number of hydrogen-bond donors (Lipinski definition) is 1. The molecule has 0 saturated heterocycles. The molecular weight excluding hydrogens is 372 g/mol. The van der Waals surface area contributed by atoms with Crippen LogP contribution in [0.2, 0.25) is 0 Å². The van der Waals surface area contributed by atoms with Gasteiger partial charge < -0.3 is 9.72 Å². The molecular formula is C25H22N4O. The van der Waals surface area contributed by atoms with Crippen LogP contribution in [0.3, 0.4) is 0 Å². The van der Waals surface area contributed by atoms with Crippen molar-refractivity contribution in [2.24, 2.45) is 0 Å². The van der Waals surface area contributed by atoms with Gasteiger partial charge in [-0.2, -0.15) is 5.26 Å². The minimum absolute atomic E-state index is 0.145. The number of anilines is 1. The van der Waals surface area contributed by atoms with Crippen molar-refractivity contribution in [2.45, 2.75) is 27.2 Å². The van der Waals surface area contributed by atoms with Gasteiger partial charge in [-0.3, -0.25) is 4.79 Å². The molecule has 4 rings (SSSR count). The molecule has 2 aromatic heterocycles. The monoisotopic (exact) mass is 394 g/mol. The van der Waals surface area contributed by atoms with Crippen LogP contribution in [0.4, 0.5) is 5.69 Å². The van der Waals surface area contributed by atoms with Crippen molar-refractivity contribution >= 4 is 17.2 Å². The number of imidazole rings is 1. The van der Waals surface area contributed by atoms with Gasteiger partial charge in [-0.05, 0) is 61.7 Å². The number of aryl methyl sites for hydroxylation is 3. The molecule has 0 saturated carbocycles. The third-order valence-corrected chi connectivity index (χ3v) is 5.37. The second-order valence-electron chi connectivity index (χ2n) is 7.47. The van der Waals surface area contributed by atoms with E-state index >= 15 is 0 Å². The number of amides is 1. The lowest BCUT2D eigenvalue weighted by Gasteiger charge is -2.09. The summed E-state index contributed by atoms with van der Waals surface area (Å²) in [6, 6.07) is 19.3. The van der Waals surface area contributed by atoms with Crippen molar-refractivity contribution < 1.29 is 4.79 Å². The first-order valence-corrected chi connectivity index (χ1v) is 9.81. The molecule has 4 aromatic rings. The number of hydrogen-bond acceptors (Lipinski definition) is 3. The van der Waals surface area contributed by atoms with E-state index in [1.54, 1.807) is 24.3 Å². The predicted molar refractivity (Wildman–Crippen MR) is 118 cm³/mol.